The van der Waals surface area contributed by atoms with Crippen molar-refractivity contribution in [3.05, 3.63) is 100 Å². The van der Waals surface area contributed by atoms with Gasteiger partial charge in [0.1, 0.15) is 5.82 Å². The molecule has 3 aromatic rings. The summed E-state index contributed by atoms with van der Waals surface area (Å²) >= 11 is 0. The molecule has 3 rings (SSSR count). The van der Waals surface area contributed by atoms with Gasteiger partial charge >= 0.3 is 0 Å². The van der Waals surface area contributed by atoms with Crippen LogP contribution >= 0.6 is 0 Å². The molecule has 1 atom stereocenters. The van der Waals surface area contributed by atoms with E-state index in [4.69, 9.17) is 0 Å². The highest BCUT2D eigenvalue weighted by atomic mass is 19.1. The molecule has 1 amide bonds. The number of hydrogen-bond acceptors (Lipinski definition) is 4. The summed E-state index contributed by atoms with van der Waals surface area (Å²) in [4.78, 5) is 44.4. The Hall–Kier alpha value is -3.61. The fraction of sp³-hybridized carbons (Fsp3) is 0.182. The van der Waals surface area contributed by atoms with Crippen LogP contribution in [0.4, 0.5) is 4.39 Å². The maximum absolute atomic E-state index is 13.4. The van der Waals surface area contributed by atoms with Crippen LogP contribution in [0.1, 0.15) is 28.9 Å². The van der Waals surface area contributed by atoms with E-state index in [0.717, 1.165) is 22.3 Å². The molecular weight excluding hydrogens is 373 g/mol. The standard InChI is InChI=1S/C22H20FN3O3/c1-2-25(15-16-10-12-24-13-11-16)22(29)20(26-14-4-3-5-19(26)27)21(28)17-6-8-18(23)9-7-17/h3-14,20H,2,15H2,1H3. The Kier molecular flexibility index (Phi) is 6.29. The number of ketones is 1. The van der Waals surface area contributed by atoms with E-state index < -0.39 is 29.1 Å². The second-order valence-electron chi connectivity index (χ2n) is 6.43. The van der Waals surface area contributed by atoms with E-state index in [1.165, 1.54) is 35.4 Å². The Morgan fingerprint density at radius 1 is 1.07 bits per heavy atom. The second-order valence-corrected chi connectivity index (χ2v) is 6.43. The van der Waals surface area contributed by atoms with Gasteiger partial charge in [-0.05, 0) is 55.0 Å². The molecule has 0 saturated heterocycles. The molecule has 0 fully saturated rings. The van der Waals surface area contributed by atoms with Crippen LogP contribution in [0.15, 0.2) is 78.0 Å². The zero-order chi connectivity index (χ0) is 20.8. The molecule has 1 aromatic carbocycles. The SMILES string of the molecule is CCN(Cc1ccncc1)C(=O)C(C(=O)c1ccc(F)cc1)n1ccccc1=O. The van der Waals surface area contributed by atoms with Gasteiger partial charge in [-0.15, -0.1) is 0 Å². The highest BCUT2D eigenvalue weighted by Gasteiger charge is 2.33. The number of aromatic nitrogens is 2. The van der Waals surface area contributed by atoms with E-state index in [0.29, 0.717) is 6.54 Å². The Morgan fingerprint density at radius 2 is 1.76 bits per heavy atom. The molecule has 1 unspecified atom stereocenters. The molecule has 2 heterocycles. The number of hydrogen-bond donors (Lipinski definition) is 0. The number of likely N-dealkylation sites (N-methyl/N-ethyl adjacent to an activating group) is 1. The maximum atomic E-state index is 13.4. The predicted octanol–water partition coefficient (Wildman–Crippen LogP) is 2.86. The van der Waals surface area contributed by atoms with Crippen LogP contribution < -0.4 is 5.56 Å². The van der Waals surface area contributed by atoms with Crippen LogP contribution in [-0.2, 0) is 11.3 Å². The first kappa shape index (κ1) is 20.1. The van der Waals surface area contributed by atoms with Crippen molar-refractivity contribution >= 4 is 11.7 Å². The minimum absolute atomic E-state index is 0.153. The van der Waals surface area contributed by atoms with Crippen molar-refractivity contribution in [3.8, 4) is 0 Å². The highest BCUT2D eigenvalue weighted by Crippen LogP contribution is 2.18. The summed E-state index contributed by atoms with van der Waals surface area (Å²) in [7, 11) is 0. The Bertz CT molecular complexity index is 1050. The van der Waals surface area contributed by atoms with Gasteiger partial charge in [0.15, 0.2) is 11.8 Å². The number of nitrogens with zero attached hydrogens (tertiary/aromatic N) is 3. The molecule has 0 radical (unpaired) electrons. The van der Waals surface area contributed by atoms with Crippen molar-refractivity contribution in [1.29, 1.82) is 0 Å². The van der Waals surface area contributed by atoms with E-state index in [9.17, 15) is 18.8 Å². The highest BCUT2D eigenvalue weighted by molar-refractivity contribution is 6.11. The number of Topliss-reactive ketones (excluding diaryl/α,β-unsaturated/α-hetero) is 1. The topological polar surface area (TPSA) is 72.3 Å². The zero-order valence-electron chi connectivity index (χ0n) is 15.9. The predicted molar refractivity (Wildman–Crippen MR) is 106 cm³/mol. The second kappa shape index (κ2) is 9.05. The van der Waals surface area contributed by atoms with Crippen LogP contribution in [0.25, 0.3) is 0 Å². The van der Waals surface area contributed by atoms with Crippen LogP contribution in [-0.4, -0.2) is 32.7 Å². The third-order valence-corrected chi connectivity index (χ3v) is 4.56. The first-order chi connectivity index (χ1) is 14.0. The summed E-state index contributed by atoms with van der Waals surface area (Å²) in [6, 6.07) is 11.5. The van der Waals surface area contributed by atoms with E-state index >= 15 is 0 Å². The van der Waals surface area contributed by atoms with E-state index in [1.54, 1.807) is 37.5 Å². The smallest absolute Gasteiger partial charge is 0.254 e. The third kappa shape index (κ3) is 4.63. The molecule has 0 spiro atoms. The number of carbonyl (C=O) groups is 2. The fourth-order valence-corrected chi connectivity index (χ4v) is 3.01. The van der Waals surface area contributed by atoms with Gasteiger partial charge in [-0.3, -0.25) is 23.9 Å². The van der Waals surface area contributed by atoms with Gasteiger partial charge in [-0.2, -0.15) is 0 Å². The molecular formula is C22H20FN3O3. The van der Waals surface area contributed by atoms with Crippen molar-refractivity contribution in [2.75, 3.05) is 6.54 Å². The number of halogens is 1. The molecule has 7 heteroatoms. The first-order valence-electron chi connectivity index (χ1n) is 9.16. The monoisotopic (exact) mass is 393 g/mol. The van der Waals surface area contributed by atoms with Crippen molar-refractivity contribution in [1.82, 2.24) is 14.5 Å². The van der Waals surface area contributed by atoms with Gasteiger partial charge in [0, 0.05) is 43.3 Å². The Morgan fingerprint density at radius 3 is 2.38 bits per heavy atom. The number of carbonyl (C=O) groups excluding carboxylic acids is 2. The summed E-state index contributed by atoms with van der Waals surface area (Å²) in [6.45, 7) is 2.41. The van der Waals surface area contributed by atoms with Crippen LogP contribution in [0.5, 0.6) is 0 Å². The average Bonchev–Trinajstić information content (AvgIpc) is 2.74. The quantitative estimate of drug-likeness (QED) is 0.457. The molecule has 0 bridgehead atoms. The lowest BCUT2D eigenvalue weighted by Crippen LogP contribution is -2.43. The molecule has 0 aliphatic heterocycles. The van der Waals surface area contributed by atoms with Crippen molar-refractivity contribution in [2.24, 2.45) is 0 Å². The lowest BCUT2D eigenvalue weighted by Gasteiger charge is -2.27. The normalized spacial score (nSPS) is 11.7. The fourth-order valence-electron chi connectivity index (χ4n) is 3.01. The largest absolute Gasteiger partial charge is 0.336 e. The summed E-state index contributed by atoms with van der Waals surface area (Å²) in [5, 5.41) is 0. The first-order valence-corrected chi connectivity index (χ1v) is 9.16. The lowest BCUT2D eigenvalue weighted by atomic mass is 10.0. The lowest BCUT2D eigenvalue weighted by molar-refractivity contribution is -0.133. The number of amides is 1. The summed E-state index contributed by atoms with van der Waals surface area (Å²) in [5.74, 6) is -1.57. The molecule has 0 aliphatic rings. The molecule has 148 valence electrons. The van der Waals surface area contributed by atoms with Crippen LogP contribution in [0, 0.1) is 5.82 Å². The minimum Gasteiger partial charge on any atom is -0.336 e. The maximum Gasteiger partial charge on any atom is 0.254 e. The third-order valence-electron chi connectivity index (χ3n) is 4.56. The number of rotatable bonds is 7. The van der Waals surface area contributed by atoms with E-state index in [-0.39, 0.29) is 12.1 Å². The van der Waals surface area contributed by atoms with Gasteiger partial charge in [-0.1, -0.05) is 6.07 Å². The van der Waals surface area contributed by atoms with E-state index in [1.807, 2.05) is 0 Å². The van der Waals surface area contributed by atoms with E-state index in [2.05, 4.69) is 4.98 Å². The summed E-state index contributed by atoms with van der Waals surface area (Å²) < 4.78 is 14.4. The van der Waals surface area contributed by atoms with Gasteiger partial charge in [0.25, 0.3) is 11.5 Å². The molecule has 6 nitrogen and oxygen atoms in total. The number of pyridine rings is 2. The van der Waals surface area contributed by atoms with Crippen molar-refractivity contribution in [3.63, 3.8) is 0 Å². The zero-order valence-corrected chi connectivity index (χ0v) is 15.9. The summed E-state index contributed by atoms with van der Waals surface area (Å²) in [6.07, 6.45) is 4.65. The van der Waals surface area contributed by atoms with Gasteiger partial charge < -0.3 is 4.90 Å². The molecule has 2 aromatic heterocycles. The molecule has 0 aliphatic carbocycles. The molecule has 0 saturated carbocycles. The van der Waals surface area contributed by atoms with Crippen LogP contribution in [0.3, 0.4) is 0 Å². The van der Waals surface area contributed by atoms with Crippen molar-refractivity contribution in [2.45, 2.75) is 19.5 Å². The van der Waals surface area contributed by atoms with Crippen molar-refractivity contribution < 1.29 is 14.0 Å². The van der Waals surface area contributed by atoms with Gasteiger partial charge in [0.2, 0.25) is 0 Å². The van der Waals surface area contributed by atoms with Crippen LogP contribution in [0.2, 0.25) is 0 Å². The molecule has 29 heavy (non-hydrogen) atoms. The average molecular weight is 393 g/mol. The number of benzene rings is 1. The minimum atomic E-state index is -1.38. The van der Waals surface area contributed by atoms with Gasteiger partial charge in [0.05, 0.1) is 0 Å². The Labute approximate surface area is 167 Å². The molecule has 0 N–H and O–H groups in total. The van der Waals surface area contributed by atoms with Gasteiger partial charge in [-0.25, -0.2) is 4.39 Å². The summed E-state index contributed by atoms with van der Waals surface area (Å²) in [5.41, 5.74) is 0.533. The Balaban J connectivity index is 2.00.